The number of carboxylic acid groups (broad SMARTS) is 1. The summed E-state index contributed by atoms with van der Waals surface area (Å²) in [6, 6.07) is 0. The molecule has 0 aromatic heterocycles. The summed E-state index contributed by atoms with van der Waals surface area (Å²) in [5.74, 6) is -0.0296. The van der Waals surface area contributed by atoms with Crippen LogP contribution < -0.4 is 0 Å². The van der Waals surface area contributed by atoms with Gasteiger partial charge in [-0.2, -0.15) is 0 Å². The van der Waals surface area contributed by atoms with Gasteiger partial charge in [-0.25, -0.2) is 0 Å². The normalized spacial score (nSPS) is 20.8. The minimum Gasteiger partial charge on any atom is -0.481 e. The third kappa shape index (κ3) is 7.84. The molecule has 0 spiro atoms. The second-order valence-electron chi connectivity index (χ2n) is 8.33. The molecule has 4 nitrogen and oxygen atoms in total. The molecule has 1 fully saturated rings. The molecule has 0 saturated heterocycles. The smallest absolute Gasteiger partial charge is 0.303 e. The van der Waals surface area contributed by atoms with Crippen molar-refractivity contribution in [3.63, 3.8) is 0 Å². The van der Waals surface area contributed by atoms with Crippen molar-refractivity contribution in [2.45, 2.75) is 91.4 Å². The molecule has 1 N–H and O–H groups in total. The van der Waals surface area contributed by atoms with Gasteiger partial charge < -0.3 is 5.11 Å². The molecule has 1 rings (SSSR count). The van der Waals surface area contributed by atoms with Crippen molar-refractivity contribution < 1.29 is 19.5 Å². The van der Waals surface area contributed by atoms with Gasteiger partial charge in [0.05, 0.1) is 0 Å². The molecular formula is C22H36O4. The summed E-state index contributed by atoms with van der Waals surface area (Å²) in [7, 11) is 0. The maximum Gasteiger partial charge on any atom is 0.303 e. The van der Waals surface area contributed by atoms with Crippen LogP contribution in [0.15, 0.2) is 12.2 Å². The number of hydrogen-bond donors (Lipinski definition) is 1. The molecule has 0 aliphatic heterocycles. The van der Waals surface area contributed by atoms with Gasteiger partial charge in [0.15, 0.2) is 5.78 Å². The number of ketones is 2. The Hall–Kier alpha value is -1.45. The molecule has 4 heteroatoms. The van der Waals surface area contributed by atoms with Crippen molar-refractivity contribution in [3.8, 4) is 0 Å². The molecule has 2 atom stereocenters. The first-order chi connectivity index (χ1) is 12.3. The Morgan fingerprint density at radius 1 is 1.15 bits per heavy atom. The monoisotopic (exact) mass is 364 g/mol. The zero-order valence-electron chi connectivity index (χ0n) is 16.8. The van der Waals surface area contributed by atoms with Crippen LogP contribution in [0.5, 0.6) is 0 Å². The highest BCUT2D eigenvalue weighted by atomic mass is 16.4. The molecule has 148 valence electrons. The highest BCUT2D eigenvalue weighted by Crippen LogP contribution is 2.34. The van der Waals surface area contributed by atoms with E-state index in [-0.39, 0.29) is 29.5 Å². The number of Topliss-reactive ketones (excluding diaryl/α,β-unsaturated/α-hetero) is 1. The molecule has 0 aromatic rings. The lowest BCUT2D eigenvalue weighted by molar-refractivity contribution is -0.137. The van der Waals surface area contributed by atoms with E-state index in [0.29, 0.717) is 18.6 Å². The fourth-order valence-electron chi connectivity index (χ4n) is 3.71. The summed E-state index contributed by atoms with van der Waals surface area (Å²) >= 11 is 0. The first kappa shape index (κ1) is 22.6. The van der Waals surface area contributed by atoms with E-state index in [1.807, 2.05) is 19.9 Å². The number of unbranched alkanes of at least 4 members (excludes halogenated alkanes) is 4. The van der Waals surface area contributed by atoms with Crippen LogP contribution in [0.4, 0.5) is 0 Å². The number of rotatable bonds is 13. The van der Waals surface area contributed by atoms with Gasteiger partial charge in [0.2, 0.25) is 0 Å². The van der Waals surface area contributed by atoms with Gasteiger partial charge in [-0.3, -0.25) is 14.4 Å². The van der Waals surface area contributed by atoms with Gasteiger partial charge in [0.1, 0.15) is 5.78 Å². The Labute approximate surface area is 158 Å². The Balaban J connectivity index is 2.45. The summed E-state index contributed by atoms with van der Waals surface area (Å²) in [6.07, 6.45) is 12.8. The van der Waals surface area contributed by atoms with Crippen molar-refractivity contribution in [1.29, 1.82) is 0 Å². The zero-order valence-corrected chi connectivity index (χ0v) is 16.8. The van der Waals surface area contributed by atoms with Gasteiger partial charge in [-0.05, 0) is 37.7 Å². The minimum absolute atomic E-state index is 0.0391. The Bertz CT molecular complexity index is 504. The summed E-state index contributed by atoms with van der Waals surface area (Å²) < 4.78 is 0. The minimum atomic E-state index is -0.743. The quantitative estimate of drug-likeness (QED) is 0.353. The van der Waals surface area contributed by atoms with Crippen molar-refractivity contribution in [2.75, 3.05) is 0 Å². The largest absolute Gasteiger partial charge is 0.481 e. The van der Waals surface area contributed by atoms with Crippen LogP contribution in [0.25, 0.3) is 0 Å². The van der Waals surface area contributed by atoms with Gasteiger partial charge >= 0.3 is 5.97 Å². The van der Waals surface area contributed by atoms with Gasteiger partial charge in [0, 0.05) is 24.2 Å². The molecule has 0 aromatic carbocycles. The average Bonchev–Trinajstić information content (AvgIpc) is 2.93. The predicted molar refractivity (Wildman–Crippen MR) is 104 cm³/mol. The SMILES string of the molecule is CCCCC(C)(C)C(=O)C=CC1CCC(=O)C1CCCCCCC(=O)O. The number of carbonyl (C=O) groups excluding carboxylic acids is 2. The topological polar surface area (TPSA) is 71.4 Å². The molecule has 1 aliphatic rings. The van der Waals surface area contributed by atoms with Crippen LogP contribution in [-0.4, -0.2) is 22.6 Å². The molecule has 0 amide bonds. The fourth-order valence-corrected chi connectivity index (χ4v) is 3.71. The van der Waals surface area contributed by atoms with E-state index in [1.54, 1.807) is 6.08 Å². The average molecular weight is 365 g/mol. The van der Waals surface area contributed by atoms with Gasteiger partial charge in [0.25, 0.3) is 0 Å². The molecule has 2 unspecified atom stereocenters. The Morgan fingerprint density at radius 3 is 2.50 bits per heavy atom. The lowest BCUT2D eigenvalue weighted by Gasteiger charge is -2.21. The first-order valence-electron chi connectivity index (χ1n) is 10.2. The summed E-state index contributed by atoms with van der Waals surface area (Å²) in [5, 5.41) is 8.64. The fraction of sp³-hybridized carbons (Fsp3) is 0.773. The van der Waals surface area contributed by atoms with Crippen LogP contribution in [0.1, 0.15) is 91.4 Å². The van der Waals surface area contributed by atoms with Crippen LogP contribution in [-0.2, 0) is 14.4 Å². The molecule has 0 heterocycles. The lowest BCUT2D eigenvalue weighted by Crippen LogP contribution is -2.22. The molecule has 26 heavy (non-hydrogen) atoms. The Morgan fingerprint density at radius 2 is 1.85 bits per heavy atom. The molecule has 1 saturated carbocycles. The van der Waals surface area contributed by atoms with Crippen molar-refractivity contribution in [2.24, 2.45) is 17.3 Å². The number of carboxylic acids is 1. The second kappa shape index (κ2) is 11.3. The summed E-state index contributed by atoms with van der Waals surface area (Å²) in [6.45, 7) is 6.14. The third-order valence-electron chi connectivity index (χ3n) is 5.63. The highest BCUT2D eigenvalue weighted by Gasteiger charge is 2.33. The van der Waals surface area contributed by atoms with E-state index >= 15 is 0 Å². The number of carbonyl (C=O) groups is 3. The van der Waals surface area contributed by atoms with Crippen molar-refractivity contribution >= 4 is 17.5 Å². The summed E-state index contributed by atoms with van der Waals surface area (Å²) in [4.78, 5) is 35.2. The van der Waals surface area contributed by atoms with E-state index in [2.05, 4.69) is 6.92 Å². The van der Waals surface area contributed by atoms with E-state index in [9.17, 15) is 14.4 Å². The number of allylic oxidation sites excluding steroid dienone is 2. The van der Waals surface area contributed by atoms with Gasteiger partial charge in [-0.15, -0.1) is 0 Å². The Kier molecular flexibility index (Phi) is 9.82. The molecule has 0 radical (unpaired) electrons. The maximum absolute atomic E-state index is 12.5. The standard InChI is InChI=1S/C22H36O4/c1-4-5-16-22(2,3)20(24)15-13-17-12-14-19(23)18(17)10-8-6-7-9-11-21(25)26/h13,15,17-18H,4-12,14,16H2,1-3H3,(H,25,26). The predicted octanol–water partition coefficient (Wildman–Crippen LogP) is 5.35. The van der Waals surface area contributed by atoms with E-state index in [4.69, 9.17) is 5.11 Å². The third-order valence-corrected chi connectivity index (χ3v) is 5.63. The van der Waals surface area contributed by atoms with Crippen LogP contribution >= 0.6 is 0 Å². The number of aliphatic carboxylic acids is 1. The van der Waals surface area contributed by atoms with Crippen LogP contribution in [0, 0.1) is 17.3 Å². The number of hydrogen-bond acceptors (Lipinski definition) is 3. The zero-order chi connectivity index (χ0) is 19.6. The highest BCUT2D eigenvalue weighted by molar-refractivity contribution is 5.94. The van der Waals surface area contributed by atoms with Gasteiger partial charge in [-0.1, -0.05) is 59.0 Å². The lowest BCUT2D eigenvalue weighted by atomic mass is 9.81. The second-order valence-corrected chi connectivity index (χ2v) is 8.33. The molecule has 1 aliphatic carbocycles. The van der Waals surface area contributed by atoms with E-state index in [1.165, 1.54) is 0 Å². The van der Waals surface area contributed by atoms with Crippen LogP contribution in [0.2, 0.25) is 0 Å². The van der Waals surface area contributed by atoms with E-state index in [0.717, 1.165) is 51.4 Å². The van der Waals surface area contributed by atoms with Crippen LogP contribution in [0.3, 0.4) is 0 Å². The molecule has 0 bridgehead atoms. The maximum atomic E-state index is 12.5. The van der Waals surface area contributed by atoms with E-state index < -0.39 is 5.97 Å². The summed E-state index contributed by atoms with van der Waals surface area (Å²) in [5.41, 5.74) is -0.325. The van der Waals surface area contributed by atoms with Crippen molar-refractivity contribution in [3.05, 3.63) is 12.2 Å². The molecular weight excluding hydrogens is 328 g/mol. The van der Waals surface area contributed by atoms with Crippen molar-refractivity contribution in [1.82, 2.24) is 0 Å². The first-order valence-corrected chi connectivity index (χ1v) is 10.2.